The van der Waals surface area contributed by atoms with Crippen LogP contribution in [0.5, 0.6) is 17.2 Å². The number of nitrogens with two attached hydrogens (primary N) is 1. The Morgan fingerprint density at radius 3 is 1.66 bits per heavy atom. The molecule has 8 amide bonds. The highest BCUT2D eigenvalue weighted by Crippen LogP contribution is 2.26. The van der Waals surface area contributed by atoms with Crippen molar-refractivity contribution in [3.8, 4) is 17.2 Å². The molecule has 360 valence electrons. The van der Waals surface area contributed by atoms with Gasteiger partial charge in [0.25, 0.3) is 17.7 Å². The van der Waals surface area contributed by atoms with E-state index >= 15 is 0 Å². The van der Waals surface area contributed by atoms with Gasteiger partial charge in [0.15, 0.2) is 12.4 Å². The number of Topliss-reactive ketones (excluding diaryl/α,β-unsaturated/α-hetero) is 1. The summed E-state index contributed by atoms with van der Waals surface area (Å²) in [5, 5.41) is 29.4. The normalized spacial score (nSPS) is 12.6. The molecule has 0 spiro atoms. The molecule has 3 aromatic rings. The molecule has 0 aliphatic heterocycles. The Morgan fingerprint density at radius 2 is 1.12 bits per heavy atom. The molecule has 1 aliphatic rings. The van der Waals surface area contributed by atoms with Crippen LogP contribution >= 0.6 is 0 Å². The molecule has 0 saturated heterocycles. The minimum absolute atomic E-state index is 0.0220. The zero-order valence-electron chi connectivity index (χ0n) is 37.1. The van der Waals surface area contributed by atoms with Gasteiger partial charge < -0.3 is 72.3 Å². The standard InChI is InChI=1S/C44H49N9O15/c1-23(54)51-25-6-9-33(65-2)29(14-25)43(63)49-20-38(57)52-26-7-10-34(66-3)30(15-26)41(61)47-18-28(55)17-46-24-5-12-36(68-22-40(59)60)32(13-24)44(64)50-21-39(58)53-27-8-11-35(67-4)31(16-27)42(62)48-19-37(45)56/h5-9,11-16,34,46H,10,17-22H2,1-4H3,(H2,45,56)(H,47,61)(H,48,62)(H,49,63)(H,50,64)(H,51,54)(H,52,57)(H,53,58)(H,59,60). The highest BCUT2D eigenvalue weighted by molar-refractivity contribution is 6.04. The number of rotatable bonds is 24. The number of carboxylic acid groups (broad SMARTS) is 1. The van der Waals surface area contributed by atoms with Crippen molar-refractivity contribution < 1.29 is 72.0 Å². The van der Waals surface area contributed by atoms with Gasteiger partial charge in [-0.2, -0.15) is 0 Å². The Labute approximate surface area is 387 Å². The number of ketones is 1. The summed E-state index contributed by atoms with van der Waals surface area (Å²) >= 11 is 0. The van der Waals surface area contributed by atoms with E-state index in [-0.39, 0.29) is 75.5 Å². The van der Waals surface area contributed by atoms with E-state index in [1.807, 2.05) is 0 Å². The van der Waals surface area contributed by atoms with Gasteiger partial charge in [0.2, 0.25) is 29.5 Å². The topological polar surface area (TPSA) is 350 Å². The van der Waals surface area contributed by atoms with E-state index in [4.69, 9.17) is 29.8 Å². The van der Waals surface area contributed by atoms with E-state index in [9.17, 15) is 47.9 Å². The molecule has 1 unspecified atom stereocenters. The molecule has 0 aromatic heterocycles. The second-order valence-corrected chi connectivity index (χ2v) is 14.3. The SMILES string of the molecule is COc1ccc(NC(=O)CNC(=O)c2cc(NCC(=O)CNC(=O)C3=CC(NC(=O)CNC(=O)c4cc(NC(C)=O)ccc4OC)=CCC3OC)ccc2OCC(=O)O)cc1C(=O)NCC(N)=O. The number of primary amides is 1. The number of benzene rings is 3. The van der Waals surface area contributed by atoms with Crippen LogP contribution in [0.1, 0.15) is 44.4 Å². The lowest BCUT2D eigenvalue weighted by atomic mass is 9.98. The van der Waals surface area contributed by atoms with Crippen molar-refractivity contribution in [3.63, 3.8) is 0 Å². The Hall–Kier alpha value is -8.80. The maximum atomic E-state index is 13.3. The Kier molecular flexibility index (Phi) is 19.1. The summed E-state index contributed by atoms with van der Waals surface area (Å²) in [6, 6.07) is 12.5. The fourth-order valence-corrected chi connectivity index (χ4v) is 6.14. The summed E-state index contributed by atoms with van der Waals surface area (Å²) in [7, 11) is 4.05. The first kappa shape index (κ1) is 51.8. The lowest BCUT2D eigenvalue weighted by Gasteiger charge is -2.22. The van der Waals surface area contributed by atoms with Crippen LogP contribution in [-0.4, -0.2) is 131 Å². The molecule has 0 heterocycles. The van der Waals surface area contributed by atoms with Gasteiger partial charge in [0.1, 0.15) is 17.2 Å². The molecule has 68 heavy (non-hydrogen) atoms. The van der Waals surface area contributed by atoms with Crippen molar-refractivity contribution >= 4 is 76.1 Å². The molecule has 0 saturated carbocycles. The van der Waals surface area contributed by atoms with Gasteiger partial charge in [-0.25, -0.2) is 4.79 Å². The predicted molar refractivity (Wildman–Crippen MR) is 241 cm³/mol. The molecule has 0 bridgehead atoms. The number of nitrogens with one attached hydrogen (secondary N) is 8. The van der Waals surface area contributed by atoms with Crippen LogP contribution < -0.4 is 62.5 Å². The average Bonchev–Trinajstić information content (AvgIpc) is 3.31. The fraction of sp³-hybridized carbons (Fsp3) is 0.273. The number of hydrogen-bond acceptors (Lipinski definition) is 15. The van der Waals surface area contributed by atoms with E-state index in [0.29, 0.717) is 5.69 Å². The van der Waals surface area contributed by atoms with Crippen LogP contribution in [-0.2, 0) is 38.3 Å². The van der Waals surface area contributed by atoms with Crippen LogP contribution in [0.15, 0.2) is 78.0 Å². The van der Waals surface area contributed by atoms with Crippen LogP contribution in [0.25, 0.3) is 0 Å². The number of amides is 8. The zero-order valence-corrected chi connectivity index (χ0v) is 37.1. The molecule has 0 radical (unpaired) electrons. The molecular formula is C44H49N9O15. The summed E-state index contributed by atoms with van der Waals surface area (Å²) in [6.07, 6.45) is 2.43. The first-order valence-electron chi connectivity index (χ1n) is 20.2. The first-order chi connectivity index (χ1) is 32.4. The number of methoxy groups -OCH3 is 3. The second-order valence-electron chi connectivity index (χ2n) is 14.3. The number of carbonyl (C=O) groups is 10. The molecule has 4 rings (SSSR count). The highest BCUT2D eigenvalue weighted by atomic mass is 16.5. The lowest BCUT2D eigenvalue weighted by Crippen LogP contribution is -2.39. The van der Waals surface area contributed by atoms with Crippen LogP contribution in [0.3, 0.4) is 0 Å². The Bertz CT molecular complexity index is 2540. The molecule has 1 atom stereocenters. The molecule has 1 aliphatic carbocycles. The number of carboxylic acids is 1. The third-order valence-electron chi connectivity index (χ3n) is 9.29. The lowest BCUT2D eigenvalue weighted by molar-refractivity contribution is -0.139. The number of carbonyl (C=O) groups excluding carboxylic acids is 9. The quantitative estimate of drug-likeness (QED) is 0.0545. The number of ether oxygens (including phenoxy) is 4. The molecule has 24 nitrogen and oxygen atoms in total. The predicted octanol–water partition coefficient (Wildman–Crippen LogP) is -0.418. The van der Waals surface area contributed by atoms with Crippen molar-refractivity contribution in [2.45, 2.75) is 19.4 Å². The summed E-state index contributed by atoms with van der Waals surface area (Å²) in [6.45, 7) is -1.82. The van der Waals surface area contributed by atoms with Crippen molar-refractivity contribution in [1.29, 1.82) is 0 Å². The number of hydrogen-bond donors (Lipinski definition) is 10. The fourth-order valence-electron chi connectivity index (χ4n) is 6.14. The molecular weight excluding hydrogens is 895 g/mol. The van der Waals surface area contributed by atoms with Crippen molar-refractivity contribution in [2.24, 2.45) is 5.73 Å². The van der Waals surface area contributed by atoms with Crippen molar-refractivity contribution in [1.82, 2.24) is 26.6 Å². The average molecular weight is 944 g/mol. The van der Waals surface area contributed by atoms with E-state index in [1.165, 1.54) is 82.9 Å². The summed E-state index contributed by atoms with van der Waals surface area (Å²) in [5.74, 6) is -7.05. The maximum Gasteiger partial charge on any atom is 0.341 e. The van der Waals surface area contributed by atoms with E-state index < -0.39 is 92.0 Å². The van der Waals surface area contributed by atoms with Gasteiger partial charge in [-0.1, -0.05) is 6.08 Å². The number of anilines is 3. The minimum atomic E-state index is -1.34. The third kappa shape index (κ3) is 15.7. The number of aliphatic carboxylic acids is 1. The van der Waals surface area contributed by atoms with E-state index in [2.05, 4.69) is 42.5 Å². The summed E-state index contributed by atoms with van der Waals surface area (Å²) in [5.41, 5.74) is 5.94. The summed E-state index contributed by atoms with van der Waals surface area (Å²) in [4.78, 5) is 124. The minimum Gasteiger partial charge on any atom is -0.496 e. The molecule has 11 N–H and O–H groups in total. The van der Waals surface area contributed by atoms with E-state index in [1.54, 1.807) is 12.1 Å². The van der Waals surface area contributed by atoms with Crippen molar-refractivity contribution in [3.05, 3.63) is 94.7 Å². The van der Waals surface area contributed by atoms with E-state index in [0.717, 1.165) is 0 Å². The smallest absolute Gasteiger partial charge is 0.341 e. The first-order valence-corrected chi connectivity index (χ1v) is 20.2. The zero-order chi connectivity index (χ0) is 49.9. The molecule has 24 heteroatoms. The number of allylic oxidation sites excluding steroid dienone is 1. The van der Waals surface area contributed by atoms with Gasteiger partial charge in [-0.15, -0.1) is 0 Å². The van der Waals surface area contributed by atoms with Gasteiger partial charge in [0.05, 0.1) is 69.7 Å². The Balaban J connectivity index is 1.32. The van der Waals surface area contributed by atoms with Gasteiger partial charge in [-0.3, -0.25) is 43.2 Å². The van der Waals surface area contributed by atoms with Gasteiger partial charge in [-0.05, 0) is 67.1 Å². The highest BCUT2D eigenvalue weighted by Gasteiger charge is 2.25. The van der Waals surface area contributed by atoms with Crippen molar-refractivity contribution in [2.75, 3.05) is 76.6 Å². The van der Waals surface area contributed by atoms with Gasteiger partial charge in [0, 0.05) is 42.4 Å². The largest absolute Gasteiger partial charge is 0.496 e. The Morgan fingerprint density at radius 1 is 0.618 bits per heavy atom. The molecule has 3 aromatic carbocycles. The summed E-state index contributed by atoms with van der Waals surface area (Å²) < 4.78 is 21.1. The second kappa shape index (κ2) is 25.0. The van der Waals surface area contributed by atoms with Crippen LogP contribution in [0.4, 0.5) is 17.1 Å². The third-order valence-corrected chi connectivity index (χ3v) is 9.29. The molecule has 0 fully saturated rings. The van der Waals surface area contributed by atoms with Crippen LogP contribution in [0, 0.1) is 0 Å². The van der Waals surface area contributed by atoms with Crippen LogP contribution in [0.2, 0.25) is 0 Å². The van der Waals surface area contributed by atoms with Gasteiger partial charge >= 0.3 is 5.97 Å². The maximum absolute atomic E-state index is 13.3. The monoisotopic (exact) mass is 943 g/mol.